The Morgan fingerprint density at radius 2 is 2.43 bits per heavy atom. The normalized spacial score (nSPS) is 10.6. The highest BCUT2D eigenvalue weighted by Gasteiger charge is 2.20. The molecule has 0 saturated carbocycles. The average molecular weight is 198 g/mol. The fourth-order valence-corrected chi connectivity index (χ4v) is 1.17. The van der Waals surface area contributed by atoms with Crippen LogP contribution in [0.5, 0.6) is 0 Å². The number of amides is 1. The molecule has 14 heavy (non-hydrogen) atoms. The van der Waals surface area contributed by atoms with E-state index in [0.29, 0.717) is 6.54 Å². The third-order valence-electron chi connectivity index (χ3n) is 1.87. The Morgan fingerprint density at radius 1 is 1.71 bits per heavy atom. The fourth-order valence-electron chi connectivity index (χ4n) is 1.17. The summed E-state index contributed by atoms with van der Waals surface area (Å²) < 4.78 is 4.75. The smallest absolute Gasteiger partial charge is 0.292 e. The summed E-state index contributed by atoms with van der Waals surface area (Å²) in [6.07, 6.45) is 1.42. The van der Waals surface area contributed by atoms with Crippen LogP contribution in [-0.4, -0.2) is 40.3 Å². The Bertz CT molecular complexity index is 282. The number of carbonyl (C=O) groups excluding carboxylic acids is 1. The molecule has 78 valence electrons. The van der Waals surface area contributed by atoms with E-state index in [1.165, 1.54) is 17.2 Å². The summed E-state index contributed by atoms with van der Waals surface area (Å²) in [5.41, 5.74) is 0. The predicted octanol–water partition coefficient (Wildman–Crippen LogP) is 0.518. The van der Waals surface area contributed by atoms with Crippen molar-refractivity contribution in [3.8, 4) is 0 Å². The van der Waals surface area contributed by atoms with Crippen LogP contribution in [-0.2, 0) is 0 Å². The Hall–Kier alpha value is -1.36. The highest BCUT2D eigenvalue weighted by Crippen LogP contribution is 2.06. The number of hydrogen-bond acceptors (Lipinski definition) is 4. The van der Waals surface area contributed by atoms with Gasteiger partial charge in [-0.15, -0.1) is 0 Å². The second-order valence-electron chi connectivity index (χ2n) is 3.19. The lowest BCUT2D eigenvalue weighted by atomic mass is 10.3. The van der Waals surface area contributed by atoms with Crippen molar-refractivity contribution in [2.24, 2.45) is 0 Å². The molecular weight excluding hydrogens is 184 g/mol. The molecule has 0 spiro atoms. The third kappa shape index (κ3) is 2.32. The molecule has 1 heterocycles. The first-order chi connectivity index (χ1) is 6.66. The van der Waals surface area contributed by atoms with Crippen LogP contribution in [0.1, 0.15) is 24.4 Å². The number of rotatable bonds is 4. The van der Waals surface area contributed by atoms with E-state index in [2.05, 4.69) is 5.16 Å². The van der Waals surface area contributed by atoms with Crippen LogP contribution < -0.4 is 0 Å². The maximum absolute atomic E-state index is 11.7. The number of hydrogen-bond donors (Lipinski definition) is 1. The molecule has 0 bridgehead atoms. The standard InChI is InChI=1S/C9H14N2O3/c1-7(2)11(5-6-12)9(13)8-3-4-10-14-8/h3-4,7,12H,5-6H2,1-2H3. The molecule has 1 N–H and O–H groups in total. The minimum absolute atomic E-state index is 0.0275. The Balaban J connectivity index is 2.74. The van der Waals surface area contributed by atoms with Gasteiger partial charge in [0.15, 0.2) is 0 Å². The molecule has 1 aromatic heterocycles. The molecule has 0 atom stereocenters. The molecular formula is C9H14N2O3. The summed E-state index contributed by atoms with van der Waals surface area (Å²) in [7, 11) is 0. The second kappa shape index (κ2) is 4.76. The van der Waals surface area contributed by atoms with Gasteiger partial charge in [-0.3, -0.25) is 4.79 Å². The maximum Gasteiger partial charge on any atom is 0.292 e. The van der Waals surface area contributed by atoms with Gasteiger partial charge in [-0.25, -0.2) is 0 Å². The molecule has 0 unspecified atom stereocenters. The first-order valence-electron chi connectivity index (χ1n) is 4.49. The van der Waals surface area contributed by atoms with Gasteiger partial charge in [0.05, 0.1) is 12.8 Å². The first-order valence-corrected chi connectivity index (χ1v) is 4.49. The Morgan fingerprint density at radius 3 is 2.86 bits per heavy atom. The minimum Gasteiger partial charge on any atom is -0.395 e. The predicted molar refractivity (Wildman–Crippen MR) is 49.8 cm³/mol. The van der Waals surface area contributed by atoms with Crippen molar-refractivity contribution in [1.82, 2.24) is 10.1 Å². The number of carbonyl (C=O) groups is 1. The minimum atomic E-state index is -0.244. The summed E-state index contributed by atoms with van der Waals surface area (Å²) in [4.78, 5) is 13.2. The molecule has 5 nitrogen and oxygen atoms in total. The van der Waals surface area contributed by atoms with Crippen molar-refractivity contribution >= 4 is 5.91 Å². The van der Waals surface area contributed by atoms with Crippen LogP contribution in [0.3, 0.4) is 0 Å². The summed E-state index contributed by atoms with van der Waals surface area (Å²) in [5.74, 6) is -0.0429. The monoisotopic (exact) mass is 198 g/mol. The van der Waals surface area contributed by atoms with Crippen molar-refractivity contribution in [1.29, 1.82) is 0 Å². The van der Waals surface area contributed by atoms with Crippen LogP contribution in [0.2, 0.25) is 0 Å². The van der Waals surface area contributed by atoms with E-state index >= 15 is 0 Å². The Labute approximate surface area is 82.3 Å². The molecule has 0 aliphatic carbocycles. The lowest BCUT2D eigenvalue weighted by Gasteiger charge is -2.24. The van der Waals surface area contributed by atoms with E-state index in [9.17, 15) is 4.79 Å². The van der Waals surface area contributed by atoms with Crippen LogP contribution in [0.4, 0.5) is 0 Å². The quantitative estimate of drug-likeness (QED) is 0.765. The lowest BCUT2D eigenvalue weighted by Crippen LogP contribution is -2.38. The summed E-state index contributed by atoms with van der Waals surface area (Å²) in [6, 6.07) is 1.54. The van der Waals surface area contributed by atoms with Gasteiger partial charge < -0.3 is 14.5 Å². The van der Waals surface area contributed by atoms with Crippen LogP contribution >= 0.6 is 0 Å². The number of nitrogens with zero attached hydrogens (tertiary/aromatic N) is 2. The summed E-state index contributed by atoms with van der Waals surface area (Å²) in [6.45, 7) is 4.00. The lowest BCUT2D eigenvalue weighted by molar-refractivity contribution is 0.0623. The van der Waals surface area contributed by atoms with E-state index < -0.39 is 0 Å². The van der Waals surface area contributed by atoms with Gasteiger partial charge in [-0.1, -0.05) is 5.16 Å². The first kappa shape index (κ1) is 10.7. The largest absolute Gasteiger partial charge is 0.395 e. The van der Waals surface area contributed by atoms with Gasteiger partial charge in [-0.05, 0) is 13.8 Å². The Kier molecular flexibility index (Phi) is 3.64. The number of aromatic nitrogens is 1. The van der Waals surface area contributed by atoms with E-state index in [4.69, 9.17) is 9.63 Å². The van der Waals surface area contributed by atoms with E-state index in [0.717, 1.165) is 0 Å². The summed E-state index contributed by atoms with van der Waals surface area (Å²) in [5, 5.41) is 12.3. The number of aliphatic hydroxyl groups is 1. The molecule has 0 radical (unpaired) electrons. The molecule has 1 rings (SSSR count). The summed E-state index contributed by atoms with van der Waals surface area (Å²) >= 11 is 0. The molecule has 0 aliphatic rings. The molecule has 1 amide bonds. The van der Waals surface area contributed by atoms with Gasteiger partial charge >= 0.3 is 0 Å². The van der Waals surface area contributed by atoms with Crippen molar-refractivity contribution in [3.63, 3.8) is 0 Å². The molecule has 0 saturated heterocycles. The molecule has 0 aliphatic heterocycles. The highest BCUT2D eigenvalue weighted by molar-refractivity contribution is 5.91. The van der Waals surface area contributed by atoms with E-state index in [-0.39, 0.29) is 24.3 Å². The average Bonchev–Trinajstić information content (AvgIpc) is 2.65. The van der Waals surface area contributed by atoms with Gasteiger partial charge in [0, 0.05) is 18.7 Å². The zero-order valence-corrected chi connectivity index (χ0v) is 8.30. The topological polar surface area (TPSA) is 66.6 Å². The van der Waals surface area contributed by atoms with E-state index in [1.807, 2.05) is 13.8 Å². The third-order valence-corrected chi connectivity index (χ3v) is 1.87. The zero-order valence-electron chi connectivity index (χ0n) is 8.30. The van der Waals surface area contributed by atoms with Crippen molar-refractivity contribution < 1.29 is 14.4 Å². The molecule has 0 aromatic carbocycles. The van der Waals surface area contributed by atoms with Gasteiger partial charge in [0.25, 0.3) is 5.91 Å². The van der Waals surface area contributed by atoms with Crippen LogP contribution in [0.25, 0.3) is 0 Å². The molecule has 1 aromatic rings. The molecule has 5 heteroatoms. The maximum atomic E-state index is 11.7. The van der Waals surface area contributed by atoms with Crippen molar-refractivity contribution in [2.75, 3.05) is 13.2 Å². The van der Waals surface area contributed by atoms with Gasteiger partial charge in [0.1, 0.15) is 0 Å². The van der Waals surface area contributed by atoms with Crippen molar-refractivity contribution in [2.45, 2.75) is 19.9 Å². The zero-order chi connectivity index (χ0) is 10.6. The highest BCUT2D eigenvalue weighted by atomic mass is 16.5. The van der Waals surface area contributed by atoms with Gasteiger partial charge in [-0.2, -0.15) is 0 Å². The SMILES string of the molecule is CC(C)N(CCO)C(=O)c1ccno1. The fraction of sp³-hybridized carbons (Fsp3) is 0.556. The second-order valence-corrected chi connectivity index (χ2v) is 3.19. The van der Waals surface area contributed by atoms with E-state index in [1.54, 1.807) is 0 Å². The van der Waals surface area contributed by atoms with Gasteiger partial charge in [0.2, 0.25) is 5.76 Å². The van der Waals surface area contributed by atoms with Crippen LogP contribution in [0, 0.1) is 0 Å². The number of aliphatic hydroxyl groups excluding tert-OH is 1. The van der Waals surface area contributed by atoms with Crippen molar-refractivity contribution in [3.05, 3.63) is 18.0 Å². The molecule has 0 fully saturated rings. The van der Waals surface area contributed by atoms with Crippen LogP contribution in [0.15, 0.2) is 16.8 Å².